The molecule has 2 aromatic heterocycles. The van der Waals surface area contributed by atoms with E-state index >= 15 is 0 Å². The highest BCUT2D eigenvalue weighted by molar-refractivity contribution is 7.07. The molecule has 16 heavy (non-hydrogen) atoms. The molecule has 4 N–H and O–H groups in total. The lowest BCUT2D eigenvalue weighted by Crippen LogP contribution is -2.24. The molecule has 0 unspecified atom stereocenters. The molecule has 84 valence electrons. The van der Waals surface area contributed by atoms with Gasteiger partial charge >= 0.3 is 0 Å². The fourth-order valence-corrected chi connectivity index (χ4v) is 1.75. The van der Waals surface area contributed by atoms with Gasteiger partial charge in [-0.2, -0.15) is 5.10 Å². The quantitative estimate of drug-likeness (QED) is 0.731. The molecule has 2 heterocycles. The van der Waals surface area contributed by atoms with Crippen molar-refractivity contribution in [2.24, 2.45) is 0 Å². The molecule has 2 rings (SSSR count). The summed E-state index contributed by atoms with van der Waals surface area (Å²) in [5.41, 5.74) is 9.53. The minimum atomic E-state index is -0.296. The van der Waals surface area contributed by atoms with E-state index in [0.29, 0.717) is 17.9 Å². The summed E-state index contributed by atoms with van der Waals surface area (Å²) >= 11 is 1.49. The smallest absolute Gasteiger partial charge is 0.274 e. The molecule has 0 aliphatic carbocycles. The second kappa shape index (κ2) is 4.31. The van der Waals surface area contributed by atoms with Crippen LogP contribution in [0.25, 0.3) is 0 Å². The Bertz CT molecular complexity index is 490. The van der Waals surface area contributed by atoms with E-state index in [4.69, 9.17) is 5.73 Å². The molecule has 0 saturated heterocycles. The van der Waals surface area contributed by atoms with Crippen LogP contribution < -0.4 is 11.1 Å². The normalized spacial score (nSPS) is 10.3. The maximum atomic E-state index is 11.7. The number of H-pyrrole nitrogens is 1. The van der Waals surface area contributed by atoms with Crippen LogP contribution in [0.2, 0.25) is 0 Å². The number of aryl methyl sites for hydroxylation is 1. The van der Waals surface area contributed by atoms with E-state index in [0.717, 1.165) is 5.69 Å². The molecule has 2 aromatic rings. The van der Waals surface area contributed by atoms with Gasteiger partial charge in [-0.1, -0.05) is 0 Å². The van der Waals surface area contributed by atoms with E-state index in [-0.39, 0.29) is 11.6 Å². The second-order valence-corrected chi connectivity index (χ2v) is 3.99. The van der Waals surface area contributed by atoms with Crippen LogP contribution in [-0.2, 0) is 6.54 Å². The van der Waals surface area contributed by atoms with Gasteiger partial charge in [-0.3, -0.25) is 9.89 Å². The maximum Gasteiger partial charge on any atom is 0.274 e. The highest BCUT2D eigenvalue weighted by Crippen LogP contribution is 2.12. The summed E-state index contributed by atoms with van der Waals surface area (Å²) in [5, 5.41) is 11.1. The zero-order valence-corrected chi connectivity index (χ0v) is 9.47. The van der Waals surface area contributed by atoms with Crippen molar-refractivity contribution in [3.05, 3.63) is 28.0 Å². The Morgan fingerprint density at radius 3 is 3.06 bits per heavy atom. The molecular formula is C9H11N5OS. The zero-order chi connectivity index (χ0) is 11.5. The monoisotopic (exact) mass is 237 g/mol. The summed E-state index contributed by atoms with van der Waals surface area (Å²) < 4.78 is 0. The molecule has 0 spiro atoms. The summed E-state index contributed by atoms with van der Waals surface area (Å²) in [6.07, 6.45) is 0. The third kappa shape index (κ3) is 2.03. The van der Waals surface area contributed by atoms with Crippen molar-refractivity contribution in [2.45, 2.75) is 13.5 Å². The highest BCUT2D eigenvalue weighted by Gasteiger charge is 2.14. The SMILES string of the molecule is Cc1[nH]nc(C(=O)NCc2cscn2)c1N. The van der Waals surface area contributed by atoms with Crippen LogP contribution in [0.4, 0.5) is 5.69 Å². The van der Waals surface area contributed by atoms with Crippen molar-refractivity contribution in [1.29, 1.82) is 0 Å². The fraction of sp³-hybridized carbons (Fsp3) is 0.222. The number of anilines is 1. The number of carbonyl (C=O) groups excluding carboxylic acids is 1. The highest BCUT2D eigenvalue weighted by atomic mass is 32.1. The molecule has 0 bridgehead atoms. The number of nitrogen functional groups attached to an aromatic ring is 1. The van der Waals surface area contributed by atoms with E-state index in [1.165, 1.54) is 11.3 Å². The van der Waals surface area contributed by atoms with Gasteiger partial charge in [0.15, 0.2) is 5.69 Å². The Morgan fingerprint density at radius 1 is 1.69 bits per heavy atom. The molecular weight excluding hydrogens is 226 g/mol. The number of hydrogen-bond donors (Lipinski definition) is 3. The summed E-state index contributed by atoms with van der Waals surface area (Å²) in [6.45, 7) is 2.15. The molecule has 0 radical (unpaired) electrons. The molecule has 0 aromatic carbocycles. The van der Waals surface area contributed by atoms with Gasteiger partial charge < -0.3 is 11.1 Å². The Morgan fingerprint density at radius 2 is 2.50 bits per heavy atom. The van der Waals surface area contributed by atoms with Gasteiger partial charge in [0.1, 0.15) is 0 Å². The summed E-state index contributed by atoms with van der Waals surface area (Å²) in [6, 6.07) is 0. The van der Waals surface area contributed by atoms with Crippen molar-refractivity contribution in [1.82, 2.24) is 20.5 Å². The molecule has 7 heteroatoms. The predicted molar refractivity (Wildman–Crippen MR) is 61.0 cm³/mol. The average Bonchev–Trinajstić information content (AvgIpc) is 2.88. The number of nitrogens with one attached hydrogen (secondary N) is 2. The third-order valence-corrected chi connectivity index (χ3v) is 2.76. The van der Waals surface area contributed by atoms with Gasteiger partial charge in [0.25, 0.3) is 5.91 Å². The Hall–Kier alpha value is -1.89. The first-order valence-electron chi connectivity index (χ1n) is 4.64. The predicted octanol–water partition coefficient (Wildman–Crippen LogP) is 0.687. The number of rotatable bonds is 3. The maximum absolute atomic E-state index is 11.7. The number of nitrogens with zero attached hydrogens (tertiary/aromatic N) is 2. The number of thiazole rings is 1. The van der Waals surface area contributed by atoms with Crippen LogP contribution in [0.1, 0.15) is 21.9 Å². The van der Waals surface area contributed by atoms with Crippen molar-refractivity contribution < 1.29 is 4.79 Å². The second-order valence-electron chi connectivity index (χ2n) is 3.27. The number of hydrogen-bond acceptors (Lipinski definition) is 5. The van der Waals surface area contributed by atoms with Gasteiger partial charge in [-0.25, -0.2) is 4.98 Å². The van der Waals surface area contributed by atoms with E-state index in [1.807, 2.05) is 5.38 Å². The van der Waals surface area contributed by atoms with E-state index in [2.05, 4.69) is 20.5 Å². The minimum Gasteiger partial charge on any atom is -0.395 e. The molecule has 0 fully saturated rings. The molecule has 0 aliphatic rings. The molecule has 0 aliphatic heterocycles. The first kappa shape index (κ1) is 10.6. The largest absolute Gasteiger partial charge is 0.395 e. The summed E-state index contributed by atoms with van der Waals surface area (Å²) in [5.74, 6) is -0.296. The van der Waals surface area contributed by atoms with Crippen LogP contribution in [-0.4, -0.2) is 21.1 Å². The first-order chi connectivity index (χ1) is 7.68. The summed E-state index contributed by atoms with van der Waals surface area (Å²) in [7, 11) is 0. The van der Waals surface area contributed by atoms with E-state index in [1.54, 1.807) is 12.4 Å². The van der Waals surface area contributed by atoms with Crippen LogP contribution in [0.5, 0.6) is 0 Å². The van der Waals surface area contributed by atoms with E-state index < -0.39 is 0 Å². The van der Waals surface area contributed by atoms with Crippen molar-refractivity contribution >= 4 is 22.9 Å². The van der Waals surface area contributed by atoms with Crippen LogP contribution in [0.3, 0.4) is 0 Å². The van der Waals surface area contributed by atoms with Gasteiger partial charge in [0.05, 0.1) is 29.1 Å². The molecule has 0 saturated carbocycles. The Balaban J connectivity index is 2.01. The Labute approximate surface area is 95.9 Å². The lowest BCUT2D eigenvalue weighted by atomic mass is 10.3. The van der Waals surface area contributed by atoms with Crippen LogP contribution in [0.15, 0.2) is 10.9 Å². The van der Waals surface area contributed by atoms with Crippen LogP contribution in [0, 0.1) is 6.92 Å². The van der Waals surface area contributed by atoms with Gasteiger partial charge in [-0.05, 0) is 6.92 Å². The van der Waals surface area contributed by atoms with Crippen molar-refractivity contribution in [3.63, 3.8) is 0 Å². The molecule has 6 nitrogen and oxygen atoms in total. The first-order valence-corrected chi connectivity index (χ1v) is 5.58. The van der Waals surface area contributed by atoms with Crippen molar-refractivity contribution in [2.75, 3.05) is 5.73 Å². The Kier molecular flexibility index (Phi) is 2.86. The fourth-order valence-electron chi connectivity index (χ4n) is 1.19. The van der Waals surface area contributed by atoms with Crippen LogP contribution >= 0.6 is 11.3 Å². The summed E-state index contributed by atoms with van der Waals surface area (Å²) in [4.78, 5) is 15.7. The van der Waals surface area contributed by atoms with Gasteiger partial charge in [-0.15, -0.1) is 11.3 Å². The average molecular weight is 237 g/mol. The molecule has 0 atom stereocenters. The van der Waals surface area contributed by atoms with Gasteiger partial charge in [0, 0.05) is 5.38 Å². The number of nitrogens with two attached hydrogens (primary N) is 1. The van der Waals surface area contributed by atoms with Gasteiger partial charge in [0.2, 0.25) is 0 Å². The van der Waals surface area contributed by atoms with Crippen molar-refractivity contribution in [3.8, 4) is 0 Å². The minimum absolute atomic E-state index is 0.229. The lowest BCUT2D eigenvalue weighted by molar-refractivity contribution is 0.0946. The molecule has 1 amide bonds. The lowest BCUT2D eigenvalue weighted by Gasteiger charge is -2.00. The number of amides is 1. The number of aromatic nitrogens is 3. The zero-order valence-electron chi connectivity index (χ0n) is 8.65. The number of carbonyl (C=O) groups is 1. The van der Waals surface area contributed by atoms with E-state index in [9.17, 15) is 4.79 Å². The third-order valence-electron chi connectivity index (χ3n) is 2.12. The topological polar surface area (TPSA) is 96.7 Å². The standard InChI is InChI=1S/C9H11N5OS/c1-5-7(10)8(14-13-5)9(15)11-2-6-3-16-4-12-6/h3-4H,2,10H2,1H3,(H,11,15)(H,13,14). The number of aromatic amines is 1.